The molecule has 6 heteroatoms. The van der Waals surface area contributed by atoms with Crippen LogP contribution < -0.4 is 5.73 Å². The van der Waals surface area contributed by atoms with E-state index in [9.17, 15) is 4.79 Å². The molecule has 0 aromatic carbocycles. The van der Waals surface area contributed by atoms with Crippen molar-refractivity contribution >= 4 is 17.7 Å². The molecular formula is C13H23N3O2S. The number of nitrogens with zero attached hydrogens (tertiary/aromatic N) is 2. The van der Waals surface area contributed by atoms with E-state index in [0.717, 1.165) is 12.1 Å². The number of hydrogen-bond acceptors (Lipinski definition) is 4. The summed E-state index contributed by atoms with van der Waals surface area (Å²) in [6.45, 7) is 7.94. The minimum absolute atomic E-state index is 0.382. The molecule has 0 aliphatic rings. The summed E-state index contributed by atoms with van der Waals surface area (Å²) in [5.41, 5.74) is 6.64. The quantitative estimate of drug-likeness (QED) is 0.803. The Hall–Kier alpha value is -1.01. The summed E-state index contributed by atoms with van der Waals surface area (Å²) in [6.07, 6.45) is 3.00. The van der Waals surface area contributed by atoms with Crippen molar-refractivity contribution < 1.29 is 9.90 Å². The fourth-order valence-corrected chi connectivity index (χ4v) is 2.49. The number of nitrogens with two attached hydrogens (primary N) is 1. The molecule has 1 heterocycles. The normalized spacial score (nSPS) is 15.2. The monoisotopic (exact) mass is 285 g/mol. The van der Waals surface area contributed by atoms with Gasteiger partial charge in [-0.25, -0.2) is 0 Å². The highest BCUT2D eigenvalue weighted by Crippen LogP contribution is 2.30. The van der Waals surface area contributed by atoms with Gasteiger partial charge in [0, 0.05) is 22.7 Å². The summed E-state index contributed by atoms with van der Waals surface area (Å²) < 4.78 is 1.42. The molecule has 1 aromatic rings. The Morgan fingerprint density at radius 2 is 2.26 bits per heavy atom. The lowest BCUT2D eigenvalue weighted by molar-refractivity contribution is -0.139. The zero-order valence-corrected chi connectivity index (χ0v) is 12.8. The van der Waals surface area contributed by atoms with E-state index in [0.29, 0.717) is 11.8 Å². The van der Waals surface area contributed by atoms with Gasteiger partial charge < -0.3 is 10.8 Å². The van der Waals surface area contributed by atoms with Crippen molar-refractivity contribution in [3.05, 3.63) is 18.0 Å². The summed E-state index contributed by atoms with van der Waals surface area (Å²) in [7, 11) is 0. The fourth-order valence-electron chi connectivity index (χ4n) is 1.53. The van der Waals surface area contributed by atoms with E-state index in [1.165, 1.54) is 11.8 Å². The second-order valence-electron chi connectivity index (χ2n) is 5.25. The van der Waals surface area contributed by atoms with Crippen molar-refractivity contribution in [2.45, 2.75) is 56.7 Å². The highest BCUT2D eigenvalue weighted by molar-refractivity contribution is 7.99. The largest absolute Gasteiger partial charge is 0.480 e. The third-order valence-electron chi connectivity index (χ3n) is 3.31. The summed E-state index contributed by atoms with van der Waals surface area (Å²) in [5.74, 6) is -0.306. The highest BCUT2D eigenvalue weighted by atomic mass is 32.2. The van der Waals surface area contributed by atoms with Crippen molar-refractivity contribution in [3.63, 3.8) is 0 Å². The van der Waals surface area contributed by atoms with Gasteiger partial charge in [0.05, 0.1) is 5.69 Å². The zero-order chi connectivity index (χ0) is 14.6. The van der Waals surface area contributed by atoms with E-state index in [1.54, 1.807) is 0 Å². The molecule has 108 valence electrons. The topological polar surface area (TPSA) is 81.1 Å². The summed E-state index contributed by atoms with van der Waals surface area (Å²) in [6, 6.07) is 1.48. The predicted molar refractivity (Wildman–Crippen MR) is 78.2 cm³/mol. The van der Waals surface area contributed by atoms with Crippen LogP contribution in [0.5, 0.6) is 0 Å². The zero-order valence-electron chi connectivity index (χ0n) is 12.0. The van der Waals surface area contributed by atoms with Crippen LogP contribution in [0.2, 0.25) is 0 Å². The molecule has 19 heavy (non-hydrogen) atoms. The number of carboxylic acid groups (broad SMARTS) is 1. The number of rotatable bonds is 7. The van der Waals surface area contributed by atoms with Gasteiger partial charge in [0.1, 0.15) is 6.04 Å². The number of hydrogen-bond donors (Lipinski definition) is 2. The highest BCUT2D eigenvalue weighted by Gasteiger charge is 2.32. The van der Waals surface area contributed by atoms with Gasteiger partial charge >= 0.3 is 5.97 Å². The lowest BCUT2D eigenvalue weighted by atomic mass is 10.1. The maximum absolute atomic E-state index is 10.9. The first-order valence-electron chi connectivity index (χ1n) is 6.44. The molecule has 0 aliphatic carbocycles. The van der Waals surface area contributed by atoms with Gasteiger partial charge in [-0.05, 0) is 33.3 Å². The van der Waals surface area contributed by atoms with Gasteiger partial charge in [-0.1, -0.05) is 6.92 Å². The molecule has 0 saturated carbocycles. The first kappa shape index (κ1) is 16.0. The van der Waals surface area contributed by atoms with Crippen LogP contribution in [0.3, 0.4) is 0 Å². The Balaban J connectivity index is 2.61. The van der Waals surface area contributed by atoms with Crippen molar-refractivity contribution in [2.75, 3.05) is 0 Å². The smallest absolute Gasteiger partial charge is 0.321 e. The van der Waals surface area contributed by atoms with E-state index < -0.39 is 16.8 Å². The van der Waals surface area contributed by atoms with Crippen molar-refractivity contribution in [2.24, 2.45) is 5.73 Å². The Morgan fingerprint density at radius 3 is 2.79 bits per heavy atom. The number of thioether (sulfide) groups is 1. The van der Waals surface area contributed by atoms with Gasteiger partial charge in [0.15, 0.2) is 0 Å². The van der Waals surface area contributed by atoms with E-state index in [-0.39, 0.29) is 0 Å². The Labute approximate surface area is 118 Å². The molecule has 0 aliphatic heterocycles. The van der Waals surface area contributed by atoms with Gasteiger partial charge in [0.2, 0.25) is 0 Å². The van der Waals surface area contributed by atoms with Crippen LogP contribution in [0.25, 0.3) is 0 Å². The van der Waals surface area contributed by atoms with E-state index in [2.05, 4.69) is 18.9 Å². The van der Waals surface area contributed by atoms with Crippen LogP contribution in [-0.2, 0) is 10.5 Å². The molecule has 0 amide bonds. The number of aromatic nitrogens is 2. The van der Waals surface area contributed by atoms with Crippen LogP contribution >= 0.6 is 11.8 Å². The molecule has 2 atom stereocenters. The van der Waals surface area contributed by atoms with Crippen molar-refractivity contribution in [1.29, 1.82) is 0 Å². The summed E-state index contributed by atoms with van der Waals surface area (Å²) >= 11 is 1.52. The van der Waals surface area contributed by atoms with Crippen LogP contribution in [0.15, 0.2) is 12.3 Å². The number of carboxylic acids is 1. The summed E-state index contributed by atoms with van der Waals surface area (Å²) in [4.78, 5) is 10.9. The van der Waals surface area contributed by atoms with E-state index >= 15 is 0 Å². The molecule has 5 nitrogen and oxygen atoms in total. The fraction of sp³-hybridized carbons (Fsp3) is 0.692. The third-order valence-corrected chi connectivity index (χ3v) is 4.75. The average molecular weight is 285 g/mol. The molecule has 0 bridgehead atoms. The molecule has 1 rings (SSSR count). The molecule has 0 saturated heterocycles. The Kier molecular flexibility index (Phi) is 5.43. The lowest BCUT2D eigenvalue weighted by Crippen LogP contribution is -2.46. The van der Waals surface area contributed by atoms with Gasteiger partial charge in [0.25, 0.3) is 0 Å². The van der Waals surface area contributed by atoms with Crippen LogP contribution in [0.4, 0.5) is 0 Å². The number of carbonyl (C=O) groups is 1. The van der Waals surface area contributed by atoms with E-state index in [4.69, 9.17) is 10.8 Å². The standard InChI is InChI=1S/C13H23N3O2S/c1-5-9(2)16-7-6-10(15-16)8-19-13(3,4)11(14)12(17)18/h6-7,9,11H,5,8,14H2,1-4H3,(H,17,18)/t9?,11-/m0/s1. The molecule has 1 aromatic heterocycles. The van der Waals surface area contributed by atoms with Gasteiger partial charge in [-0.2, -0.15) is 5.10 Å². The van der Waals surface area contributed by atoms with Crippen LogP contribution in [-0.4, -0.2) is 31.6 Å². The Bertz CT molecular complexity index is 431. The third kappa shape index (κ3) is 4.24. The Morgan fingerprint density at radius 1 is 1.63 bits per heavy atom. The molecule has 0 fully saturated rings. The van der Waals surface area contributed by atoms with Crippen molar-refractivity contribution in [1.82, 2.24) is 9.78 Å². The maximum atomic E-state index is 10.9. The second kappa shape index (κ2) is 6.43. The predicted octanol–water partition coefficient (Wildman–Crippen LogP) is 2.28. The van der Waals surface area contributed by atoms with Gasteiger partial charge in [-0.3, -0.25) is 9.48 Å². The first-order valence-corrected chi connectivity index (χ1v) is 7.43. The molecular weight excluding hydrogens is 262 g/mol. The van der Waals surface area contributed by atoms with Crippen LogP contribution in [0.1, 0.15) is 45.9 Å². The van der Waals surface area contributed by atoms with Crippen molar-refractivity contribution in [3.8, 4) is 0 Å². The second-order valence-corrected chi connectivity index (χ2v) is 6.88. The minimum atomic E-state index is -0.970. The van der Waals surface area contributed by atoms with Crippen LogP contribution in [0, 0.1) is 0 Å². The first-order chi connectivity index (χ1) is 8.77. The molecule has 0 radical (unpaired) electrons. The molecule has 0 spiro atoms. The minimum Gasteiger partial charge on any atom is -0.480 e. The van der Waals surface area contributed by atoms with E-state index in [1.807, 2.05) is 30.8 Å². The van der Waals surface area contributed by atoms with Gasteiger partial charge in [-0.15, -0.1) is 11.8 Å². The maximum Gasteiger partial charge on any atom is 0.321 e. The lowest BCUT2D eigenvalue weighted by Gasteiger charge is -2.27. The molecule has 3 N–H and O–H groups in total. The summed E-state index contributed by atoms with van der Waals surface area (Å²) in [5, 5.41) is 13.5. The molecule has 1 unspecified atom stereocenters. The SMILES string of the molecule is CCC(C)n1ccc(CSC(C)(C)[C@@H](N)C(=O)O)n1. The average Bonchev–Trinajstić information content (AvgIpc) is 2.83. The number of aliphatic carboxylic acids is 1.